The molecule has 14 heavy (non-hydrogen) atoms. The van der Waals surface area contributed by atoms with Crippen molar-refractivity contribution in [2.45, 2.75) is 27.7 Å². The highest BCUT2D eigenvalue weighted by Crippen LogP contribution is 2.16. The monoisotopic (exact) mass is 198 g/mol. The number of hydrogen-bond donors (Lipinski definition) is 0. The van der Waals surface area contributed by atoms with Gasteiger partial charge in [0.1, 0.15) is 11.7 Å². The molecule has 0 heterocycles. The molecule has 0 bridgehead atoms. The first kappa shape index (κ1) is 12.9. The Hall–Kier alpha value is -1.12. The molecule has 3 nitrogen and oxygen atoms in total. The standard InChI is InChI=1S/C11H18O3/c1-5-7-8(3)10(9(4)12)11(13)14-6-2/h5,7-8,10H,6H2,1-4H3. The lowest BCUT2D eigenvalue weighted by molar-refractivity contribution is -0.152. The molecule has 0 saturated carbocycles. The number of carbonyl (C=O) groups is 2. The smallest absolute Gasteiger partial charge is 0.317 e. The van der Waals surface area contributed by atoms with Crippen LogP contribution in [0.15, 0.2) is 12.2 Å². The van der Waals surface area contributed by atoms with Crippen LogP contribution in [0.1, 0.15) is 27.7 Å². The average molecular weight is 198 g/mol. The third-order valence-corrected chi connectivity index (χ3v) is 2.00. The van der Waals surface area contributed by atoms with Crippen LogP contribution in [0.5, 0.6) is 0 Å². The van der Waals surface area contributed by atoms with Crippen LogP contribution in [-0.4, -0.2) is 18.4 Å². The molecule has 80 valence electrons. The molecule has 3 heteroatoms. The van der Waals surface area contributed by atoms with Gasteiger partial charge in [-0.25, -0.2) is 0 Å². The first-order valence-electron chi connectivity index (χ1n) is 4.84. The van der Waals surface area contributed by atoms with Crippen molar-refractivity contribution in [1.29, 1.82) is 0 Å². The molecule has 0 spiro atoms. The van der Waals surface area contributed by atoms with E-state index in [1.807, 2.05) is 26.0 Å². The molecule has 0 aliphatic rings. The molecule has 0 aliphatic heterocycles. The summed E-state index contributed by atoms with van der Waals surface area (Å²) in [4.78, 5) is 22.7. The van der Waals surface area contributed by atoms with Crippen LogP contribution < -0.4 is 0 Å². The molecule has 0 fully saturated rings. The Morgan fingerprint density at radius 3 is 2.36 bits per heavy atom. The van der Waals surface area contributed by atoms with Crippen LogP contribution in [0, 0.1) is 11.8 Å². The predicted molar refractivity (Wildman–Crippen MR) is 54.8 cm³/mol. The Balaban J connectivity index is 4.58. The topological polar surface area (TPSA) is 43.4 Å². The summed E-state index contributed by atoms with van der Waals surface area (Å²) in [6.45, 7) is 7.16. The van der Waals surface area contributed by atoms with E-state index in [4.69, 9.17) is 4.74 Å². The number of esters is 1. The zero-order valence-electron chi connectivity index (χ0n) is 9.24. The average Bonchev–Trinajstić information content (AvgIpc) is 2.04. The predicted octanol–water partition coefficient (Wildman–Crippen LogP) is 1.97. The van der Waals surface area contributed by atoms with Crippen molar-refractivity contribution >= 4 is 11.8 Å². The minimum absolute atomic E-state index is 0.100. The molecule has 0 radical (unpaired) electrons. The molecule has 0 rings (SSSR count). The number of hydrogen-bond acceptors (Lipinski definition) is 3. The number of ketones is 1. The van der Waals surface area contributed by atoms with Gasteiger partial charge in [-0.15, -0.1) is 0 Å². The van der Waals surface area contributed by atoms with E-state index in [1.54, 1.807) is 6.92 Å². The van der Waals surface area contributed by atoms with Crippen molar-refractivity contribution in [3.63, 3.8) is 0 Å². The lowest BCUT2D eigenvalue weighted by Crippen LogP contribution is -2.29. The number of allylic oxidation sites excluding steroid dienone is 2. The summed E-state index contributed by atoms with van der Waals surface area (Å²) in [5, 5.41) is 0. The zero-order chi connectivity index (χ0) is 11.1. The van der Waals surface area contributed by atoms with E-state index < -0.39 is 11.9 Å². The Morgan fingerprint density at radius 1 is 1.43 bits per heavy atom. The fourth-order valence-corrected chi connectivity index (χ4v) is 1.40. The highest BCUT2D eigenvalue weighted by atomic mass is 16.5. The number of carbonyl (C=O) groups excluding carboxylic acids is 2. The lowest BCUT2D eigenvalue weighted by Gasteiger charge is -2.16. The summed E-state index contributed by atoms with van der Waals surface area (Å²) >= 11 is 0. The quantitative estimate of drug-likeness (QED) is 0.385. The van der Waals surface area contributed by atoms with Gasteiger partial charge in [-0.3, -0.25) is 9.59 Å². The summed E-state index contributed by atoms with van der Waals surface area (Å²) in [6.07, 6.45) is 3.67. The van der Waals surface area contributed by atoms with Gasteiger partial charge in [0.05, 0.1) is 6.61 Å². The van der Waals surface area contributed by atoms with Gasteiger partial charge in [-0.1, -0.05) is 19.1 Å². The van der Waals surface area contributed by atoms with Crippen LogP contribution in [-0.2, 0) is 14.3 Å². The summed E-state index contributed by atoms with van der Waals surface area (Å²) in [5.74, 6) is -1.33. The van der Waals surface area contributed by atoms with Crippen molar-refractivity contribution in [3.05, 3.63) is 12.2 Å². The molecule has 0 aromatic carbocycles. The van der Waals surface area contributed by atoms with E-state index in [9.17, 15) is 9.59 Å². The van der Waals surface area contributed by atoms with Gasteiger partial charge in [0.15, 0.2) is 0 Å². The molecule has 0 amide bonds. The third-order valence-electron chi connectivity index (χ3n) is 2.00. The molecular weight excluding hydrogens is 180 g/mol. The molecule has 0 N–H and O–H groups in total. The first-order chi connectivity index (χ1) is 6.54. The maximum atomic E-state index is 11.4. The largest absolute Gasteiger partial charge is 0.465 e. The molecule has 0 aliphatic carbocycles. The highest BCUT2D eigenvalue weighted by molar-refractivity contribution is 5.98. The fourth-order valence-electron chi connectivity index (χ4n) is 1.40. The Kier molecular flexibility index (Phi) is 5.84. The maximum Gasteiger partial charge on any atom is 0.317 e. The molecule has 0 aromatic rings. The Bertz CT molecular complexity index is 231. The lowest BCUT2D eigenvalue weighted by atomic mass is 9.90. The first-order valence-corrected chi connectivity index (χ1v) is 4.84. The van der Waals surface area contributed by atoms with Crippen LogP contribution in [0.2, 0.25) is 0 Å². The van der Waals surface area contributed by atoms with E-state index in [-0.39, 0.29) is 11.7 Å². The van der Waals surface area contributed by atoms with E-state index in [2.05, 4.69) is 0 Å². The second kappa shape index (κ2) is 6.35. The van der Waals surface area contributed by atoms with E-state index in [1.165, 1.54) is 6.92 Å². The van der Waals surface area contributed by atoms with Crippen LogP contribution in [0.3, 0.4) is 0 Å². The normalized spacial score (nSPS) is 15.1. The van der Waals surface area contributed by atoms with Gasteiger partial charge in [-0.2, -0.15) is 0 Å². The summed E-state index contributed by atoms with van der Waals surface area (Å²) in [6, 6.07) is 0. The van der Waals surface area contributed by atoms with Gasteiger partial charge in [0, 0.05) is 0 Å². The fraction of sp³-hybridized carbons (Fsp3) is 0.636. The Labute approximate surface area is 85.1 Å². The van der Waals surface area contributed by atoms with Crippen molar-refractivity contribution in [2.24, 2.45) is 11.8 Å². The summed E-state index contributed by atoms with van der Waals surface area (Å²) in [5.41, 5.74) is 0. The number of Topliss-reactive ketones (excluding diaryl/α,β-unsaturated/α-hetero) is 1. The molecule has 0 saturated heterocycles. The summed E-state index contributed by atoms with van der Waals surface area (Å²) in [7, 11) is 0. The minimum Gasteiger partial charge on any atom is -0.465 e. The third kappa shape index (κ3) is 3.73. The molecule has 2 atom stereocenters. The SMILES string of the molecule is CC=CC(C)C(C(C)=O)C(=O)OCC. The Morgan fingerprint density at radius 2 is 2.00 bits per heavy atom. The molecular formula is C11H18O3. The van der Waals surface area contributed by atoms with E-state index >= 15 is 0 Å². The van der Waals surface area contributed by atoms with Gasteiger partial charge in [0.25, 0.3) is 0 Å². The van der Waals surface area contributed by atoms with Gasteiger partial charge < -0.3 is 4.74 Å². The molecule has 2 unspecified atom stereocenters. The van der Waals surface area contributed by atoms with Crippen LogP contribution in [0.25, 0.3) is 0 Å². The molecule has 0 aromatic heterocycles. The second-order valence-corrected chi connectivity index (χ2v) is 3.23. The second-order valence-electron chi connectivity index (χ2n) is 3.23. The van der Waals surface area contributed by atoms with Gasteiger partial charge >= 0.3 is 5.97 Å². The van der Waals surface area contributed by atoms with Crippen molar-refractivity contribution < 1.29 is 14.3 Å². The van der Waals surface area contributed by atoms with E-state index in [0.717, 1.165) is 0 Å². The van der Waals surface area contributed by atoms with Crippen molar-refractivity contribution in [3.8, 4) is 0 Å². The number of rotatable bonds is 5. The van der Waals surface area contributed by atoms with Crippen LogP contribution >= 0.6 is 0 Å². The van der Waals surface area contributed by atoms with Gasteiger partial charge in [-0.05, 0) is 26.7 Å². The maximum absolute atomic E-state index is 11.4. The number of ether oxygens (including phenoxy) is 1. The summed E-state index contributed by atoms with van der Waals surface area (Å²) < 4.78 is 4.84. The zero-order valence-corrected chi connectivity index (χ0v) is 9.24. The van der Waals surface area contributed by atoms with E-state index in [0.29, 0.717) is 6.61 Å². The van der Waals surface area contributed by atoms with Crippen molar-refractivity contribution in [1.82, 2.24) is 0 Å². The highest BCUT2D eigenvalue weighted by Gasteiger charge is 2.28. The van der Waals surface area contributed by atoms with Crippen LogP contribution in [0.4, 0.5) is 0 Å². The van der Waals surface area contributed by atoms with Gasteiger partial charge in [0.2, 0.25) is 0 Å². The van der Waals surface area contributed by atoms with Crippen molar-refractivity contribution in [2.75, 3.05) is 6.61 Å². The minimum atomic E-state index is -0.661.